The average Bonchev–Trinajstić information content (AvgIpc) is 2.51. The minimum absolute atomic E-state index is 0.103. The summed E-state index contributed by atoms with van der Waals surface area (Å²) in [6.07, 6.45) is 1.07. The van der Waals surface area contributed by atoms with Crippen molar-refractivity contribution in [1.29, 1.82) is 0 Å². The van der Waals surface area contributed by atoms with E-state index in [1.165, 1.54) is 10.8 Å². The number of ether oxygens (including phenoxy) is 1. The highest BCUT2D eigenvalue weighted by Gasteiger charge is 2.19. The van der Waals surface area contributed by atoms with E-state index in [-0.39, 0.29) is 6.04 Å². The number of nitrogens with two attached hydrogens (primary N) is 1. The first-order valence-corrected chi connectivity index (χ1v) is 7.23. The van der Waals surface area contributed by atoms with E-state index < -0.39 is 0 Å². The van der Waals surface area contributed by atoms with Crippen LogP contribution in [0.2, 0.25) is 0 Å². The molecule has 0 aliphatic carbocycles. The molecule has 2 unspecified atom stereocenters. The molecular weight excluding hydrogens is 248 g/mol. The van der Waals surface area contributed by atoms with Crippen LogP contribution in [0.15, 0.2) is 36.4 Å². The molecule has 2 rings (SSSR count). The topological polar surface area (TPSA) is 47.3 Å². The van der Waals surface area contributed by atoms with Gasteiger partial charge in [0.25, 0.3) is 0 Å². The van der Waals surface area contributed by atoms with E-state index in [0.29, 0.717) is 12.6 Å². The molecule has 108 valence electrons. The highest BCUT2D eigenvalue weighted by molar-refractivity contribution is 5.88. The summed E-state index contributed by atoms with van der Waals surface area (Å²) < 4.78 is 5.56. The molecule has 0 aliphatic heterocycles. The van der Waals surface area contributed by atoms with Gasteiger partial charge in [-0.1, -0.05) is 37.3 Å². The van der Waals surface area contributed by atoms with Crippen LogP contribution in [0, 0.1) is 0 Å². The molecule has 0 fully saturated rings. The molecule has 3 heteroatoms. The van der Waals surface area contributed by atoms with Gasteiger partial charge in [0.05, 0.1) is 7.11 Å². The summed E-state index contributed by atoms with van der Waals surface area (Å²) in [5, 5.41) is 6.02. The maximum Gasteiger partial charge on any atom is 0.124 e. The maximum absolute atomic E-state index is 6.00. The molecule has 0 radical (unpaired) electrons. The van der Waals surface area contributed by atoms with Crippen LogP contribution in [-0.2, 0) is 0 Å². The normalized spacial score (nSPS) is 14.2. The Kier molecular flexibility index (Phi) is 4.99. The summed E-state index contributed by atoms with van der Waals surface area (Å²) >= 11 is 0. The number of fused-ring (bicyclic) bond motifs is 1. The van der Waals surface area contributed by atoms with Crippen molar-refractivity contribution in [3.05, 3.63) is 42.0 Å². The van der Waals surface area contributed by atoms with E-state index in [1.807, 2.05) is 6.07 Å². The monoisotopic (exact) mass is 272 g/mol. The van der Waals surface area contributed by atoms with E-state index in [9.17, 15) is 0 Å². The van der Waals surface area contributed by atoms with Crippen molar-refractivity contribution in [2.75, 3.05) is 13.7 Å². The van der Waals surface area contributed by atoms with Gasteiger partial charge in [-0.15, -0.1) is 0 Å². The predicted octanol–water partition coefficient (Wildman–Crippen LogP) is 3.24. The number of methoxy groups -OCH3 is 1. The minimum Gasteiger partial charge on any atom is -0.496 e. The van der Waals surface area contributed by atoms with Crippen LogP contribution in [0.1, 0.15) is 31.9 Å². The van der Waals surface area contributed by atoms with E-state index >= 15 is 0 Å². The Balaban J connectivity index is 2.53. The quantitative estimate of drug-likeness (QED) is 0.848. The van der Waals surface area contributed by atoms with Crippen molar-refractivity contribution < 1.29 is 4.74 Å². The van der Waals surface area contributed by atoms with Crippen LogP contribution in [0.4, 0.5) is 0 Å². The third-order valence-corrected chi connectivity index (χ3v) is 3.83. The SMILES string of the molecule is CCC(C)NC(CN)c1c(OC)ccc2ccccc12. The molecular formula is C17H24N2O. The van der Waals surface area contributed by atoms with Gasteiger partial charge in [0.2, 0.25) is 0 Å². The summed E-state index contributed by atoms with van der Waals surface area (Å²) in [5.41, 5.74) is 7.16. The Labute approximate surface area is 121 Å². The lowest BCUT2D eigenvalue weighted by molar-refractivity contribution is 0.391. The second-order valence-electron chi connectivity index (χ2n) is 5.17. The van der Waals surface area contributed by atoms with Gasteiger partial charge in [-0.3, -0.25) is 0 Å². The number of benzene rings is 2. The smallest absolute Gasteiger partial charge is 0.124 e. The fraction of sp³-hybridized carbons (Fsp3) is 0.412. The van der Waals surface area contributed by atoms with Crippen molar-refractivity contribution >= 4 is 10.8 Å². The number of hydrogen-bond donors (Lipinski definition) is 2. The first-order valence-electron chi connectivity index (χ1n) is 7.23. The van der Waals surface area contributed by atoms with Crippen molar-refractivity contribution in [3.8, 4) is 5.75 Å². The third-order valence-electron chi connectivity index (χ3n) is 3.83. The van der Waals surface area contributed by atoms with Crippen LogP contribution >= 0.6 is 0 Å². The maximum atomic E-state index is 6.00. The number of rotatable bonds is 6. The van der Waals surface area contributed by atoms with Gasteiger partial charge in [0, 0.05) is 24.2 Å². The largest absolute Gasteiger partial charge is 0.496 e. The minimum atomic E-state index is 0.103. The molecule has 2 aromatic carbocycles. The van der Waals surface area contributed by atoms with E-state index in [0.717, 1.165) is 17.7 Å². The first kappa shape index (κ1) is 14.8. The molecule has 0 bridgehead atoms. The van der Waals surface area contributed by atoms with E-state index in [1.54, 1.807) is 7.11 Å². The van der Waals surface area contributed by atoms with Gasteiger partial charge in [0.1, 0.15) is 5.75 Å². The third kappa shape index (κ3) is 2.94. The molecule has 3 nitrogen and oxygen atoms in total. The summed E-state index contributed by atoms with van der Waals surface area (Å²) in [5.74, 6) is 0.898. The zero-order chi connectivity index (χ0) is 14.5. The lowest BCUT2D eigenvalue weighted by Crippen LogP contribution is -2.35. The zero-order valence-corrected chi connectivity index (χ0v) is 12.5. The molecule has 0 amide bonds. The molecule has 0 aliphatic rings. The Bertz CT molecular complexity index is 568. The van der Waals surface area contributed by atoms with Crippen LogP contribution in [0.3, 0.4) is 0 Å². The average molecular weight is 272 g/mol. The molecule has 0 spiro atoms. The predicted molar refractivity (Wildman–Crippen MR) is 85.2 cm³/mol. The second kappa shape index (κ2) is 6.73. The molecule has 20 heavy (non-hydrogen) atoms. The summed E-state index contributed by atoms with van der Waals surface area (Å²) in [7, 11) is 1.71. The Morgan fingerprint density at radius 1 is 1.20 bits per heavy atom. The Morgan fingerprint density at radius 3 is 2.60 bits per heavy atom. The number of nitrogens with one attached hydrogen (secondary N) is 1. The van der Waals surface area contributed by atoms with Gasteiger partial charge in [-0.25, -0.2) is 0 Å². The number of hydrogen-bond acceptors (Lipinski definition) is 3. The summed E-state index contributed by atoms with van der Waals surface area (Å²) in [6, 6.07) is 13.0. The van der Waals surface area contributed by atoms with E-state index in [2.05, 4.69) is 49.5 Å². The molecule has 2 atom stereocenters. The van der Waals surface area contributed by atoms with Crippen molar-refractivity contribution in [3.63, 3.8) is 0 Å². The second-order valence-corrected chi connectivity index (χ2v) is 5.17. The summed E-state index contributed by atoms with van der Waals surface area (Å²) in [6.45, 7) is 4.90. The lowest BCUT2D eigenvalue weighted by atomic mass is 9.96. The first-order chi connectivity index (χ1) is 9.71. The molecule has 0 aromatic heterocycles. The Morgan fingerprint density at radius 2 is 1.95 bits per heavy atom. The fourth-order valence-corrected chi connectivity index (χ4v) is 2.54. The summed E-state index contributed by atoms with van der Waals surface area (Å²) in [4.78, 5) is 0. The van der Waals surface area contributed by atoms with Crippen LogP contribution < -0.4 is 15.8 Å². The lowest BCUT2D eigenvalue weighted by Gasteiger charge is -2.25. The molecule has 3 N–H and O–H groups in total. The molecule has 0 heterocycles. The van der Waals surface area contributed by atoms with Gasteiger partial charge >= 0.3 is 0 Å². The van der Waals surface area contributed by atoms with Gasteiger partial charge in [-0.2, -0.15) is 0 Å². The van der Waals surface area contributed by atoms with Crippen molar-refractivity contribution in [1.82, 2.24) is 5.32 Å². The molecule has 0 saturated heterocycles. The highest BCUT2D eigenvalue weighted by atomic mass is 16.5. The van der Waals surface area contributed by atoms with Crippen molar-refractivity contribution in [2.45, 2.75) is 32.4 Å². The van der Waals surface area contributed by atoms with Crippen molar-refractivity contribution in [2.24, 2.45) is 5.73 Å². The fourth-order valence-electron chi connectivity index (χ4n) is 2.54. The van der Waals surface area contributed by atoms with E-state index in [4.69, 9.17) is 10.5 Å². The molecule has 2 aromatic rings. The van der Waals surface area contributed by atoms with Crippen LogP contribution in [0.25, 0.3) is 10.8 Å². The van der Waals surface area contributed by atoms with Crippen LogP contribution in [-0.4, -0.2) is 19.7 Å². The van der Waals surface area contributed by atoms with Gasteiger partial charge in [0.15, 0.2) is 0 Å². The Hall–Kier alpha value is -1.58. The zero-order valence-electron chi connectivity index (χ0n) is 12.5. The highest BCUT2D eigenvalue weighted by Crippen LogP contribution is 2.33. The van der Waals surface area contributed by atoms with Gasteiger partial charge in [-0.05, 0) is 30.2 Å². The van der Waals surface area contributed by atoms with Gasteiger partial charge < -0.3 is 15.8 Å². The standard InChI is InChI=1S/C17H24N2O/c1-4-12(2)19-15(11-18)17-14-8-6-5-7-13(14)9-10-16(17)20-3/h5-10,12,15,19H,4,11,18H2,1-3H3. The molecule has 0 saturated carbocycles. The van der Waals surface area contributed by atoms with Crippen LogP contribution in [0.5, 0.6) is 5.75 Å².